The first-order valence-electron chi connectivity index (χ1n) is 6.67. The topological polar surface area (TPSA) is 46.9 Å². The Balaban J connectivity index is 1.87. The average molecular weight is 275 g/mol. The van der Waals surface area contributed by atoms with E-state index in [0.717, 1.165) is 17.8 Å². The van der Waals surface area contributed by atoms with Crippen LogP contribution in [0.1, 0.15) is 28.7 Å². The van der Waals surface area contributed by atoms with Gasteiger partial charge in [0.2, 0.25) is 0 Å². The predicted molar refractivity (Wildman–Crippen MR) is 75.1 cm³/mol. The number of benzene rings is 1. The van der Waals surface area contributed by atoms with Crippen molar-refractivity contribution in [1.82, 2.24) is 15.1 Å². The lowest BCUT2D eigenvalue weighted by Gasteiger charge is -2.03. The van der Waals surface area contributed by atoms with Gasteiger partial charge in [0.1, 0.15) is 11.5 Å². The fourth-order valence-electron chi connectivity index (χ4n) is 2.00. The maximum atomic E-state index is 12.8. The first kappa shape index (κ1) is 14.2. The van der Waals surface area contributed by atoms with Crippen molar-refractivity contribution < 1.29 is 9.18 Å². The van der Waals surface area contributed by atoms with Gasteiger partial charge in [-0.3, -0.25) is 9.48 Å². The monoisotopic (exact) mass is 275 g/mol. The number of rotatable bonds is 5. The minimum Gasteiger partial charge on any atom is -0.350 e. The highest BCUT2D eigenvalue weighted by Gasteiger charge is 2.10. The van der Waals surface area contributed by atoms with E-state index in [1.165, 1.54) is 12.1 Å². The van der Waals surface area contributed by atoms with Gasteiger partial charge in [0.15, 0.2) is 0 Å². The van der Waals surface area contributed by atoms with Gasteiger partial charge in [-0.2, -0.15) is 5.10 Å². The lowest BCUT2D eigenvalue weighted by atomic mass is 10.1. The van der Waals surface area contributed by atoms with E-state index in [-0.39, 0.29) is 11.7 Å². The summed E-state index contributed by atoms with van der Waals surface area (Å²) in [4.78, 5) is 11.9. The Bertz CT molecular complexity index is 590. The highest BCUT2D eigenvalue weighted by atomic mass is 19.1. The second-order valence-corrected chi connectivity index (χ2v) is 4.62. The van der Waals surface area contributed by atoms with Crippen molar-refractivity contribution in [2.75, 3.05) is 6.54 Å². The van der Waals surface area contributed by atoms with Crippen LogP contribution in [0.3, 0.4) is 0 Å². The standard InChI is InChI=1S/C15H18FN3O/c1-3-19-11(2)10-14(18-19)15(20)17-9-8-12-4-6-13(16)7-5-12/h4-7,10H,3,8-9H2,1-2H3,(H,17,20). The van der Waals surface area contributed by atoms with Gasteiger partial charge in [-0.25, -0.2) is 4.39 Å². The Kier molecular flexibility index (Phi) is 4.50. The Morgan fingerprint density at radius 1 is 1.35 bits per heavy atom. The van der Waals surface area contributed by atoms with Gasteiger partial charge in [0.05, 0.1) is 0 Å². The van der Waals surface area contributed by atoms with E-state index in [9.17, 15) is 9.18 Å². The Morgan fingerprint density at radius 2 is 2.05 bits per heavy atom. The first-order chi connectivity index (χ1) is 9.60. The van der Waals surface area contributed by atoms with Crippen LogP contribution < -0.4 is 5.32 Å². The molecule has 0 aliphatic heterocycles. The summed E-state index contributed by atoms with van der Waals surface area (Å²) in [5.74, 6) is -0.430. The first-order valence-corrected chi connectivity index (χ1v) is 6.67. The maximum absolute atomic E-state index is 12.8. The Hall–Kier alpha value is -2.17. The van der Waals surface area contributed by atoms with Crippen LogP contribution in [0.2, 0.25) is 0 Å². The Morgan fingerprint density at radius 3 is 2.65 bits per heavy atom. The number of amides is 1. The smallest absolute Gasteiger partial charge is 0.271 e. The lowest BCUT2D eigenvalue weighted by molar-refractivity contribution is 0.0948. The van der Waals surface area contributed by atoms with Crippen LogP contribution in [0.4, 0.5) is 4.39 Å². The third-order valence-corrected chi connectivity index (χ3v) is 3.13. The molecule has 1 aromatic carbocycles. The molecule has 5 heteroatoms. The van der Waals surface area contributed by atoms with E-state index in [2.05, 4.69) is 10.4 Å². The molecule has 0 spiro atoms. The molecule has 0 radical (unpaired) electrons. The van der Waals surface area contributed by atoms with Crippen molar-refractivity contribution in [3.63, 3.8) is 0 Å². The molecule has 1 heterocycles. The molecule has 2 aromatic rings. The molecule has 1 aromatic heterocycles. The SMILES string of the molecule is CCn1nc(C(=O)NCCc2ccc(F)cc2)cc1C. The number of aryl methyl sites for hydroxylation is 2. The van der Waals surface area contributed by atoms with Crippen LogP contribution in [-0.2, 0) is 13.0 Å². The van der Waals surface area contributed by atoms with Crippen molar-refractivity contribution >= 4 is 5.91 Å². The molecular weight excluding hydrogens is 257 g/mol. The number of nitrogens with zero attached hydrogens (tertiary/aromatic N) is 2. The predicted octanol–water partition coefficient (Wildman–Crippen LogP) is 2.32. The number of hydrogen-bond acceptors (Lipinski definition) is 2. The van der Waals surface area contributed by atoms with Gasteiger partial charge in [-0.1, -0.05) is 12.1 Å². The lowest BCUT2D eigenvalue weighted by Crippen LogP contribution is -2.26. The molecule has 1 N–H and O–H groups in total. The molecule has 0 atom stereocenters. The maximum Gasteiger partial charge on any atom is 0.271 e. The van der Waals surface area contributed by atoms with Crippen molar-refractivity contribution in [2.24, 2.45) is 0 Å². The zero-order valence-electron chi connectivity index (χ0n) is 11.7. The average Bonchev–Trinajstić information content (AvgIpc) is 2.82. The van der Waals surface area contributed by atoms with Crippen LogP contribution in [0.25, 0.3) is 0 Å². The van der Waals surface area contributed by atoms with E-state index in [1.54, 1.807) is 22.9 Å². The van der Waals surface area contributed by atoms with Crippen molar-refractivity contribution in [3.05, 3.63) is 53.1 Å². The highest BCUT2D eigenvalue weighted by molar-refractivity contribution is 5.92. The molecule has 2 rings (SSSR count). The molecule has 0 fully saturated rings. The van der Waals surface area contributed by atoms with E-state index < -0.39 is 0 Å². The second kappa shape index (κ2) is 6.32. The van der Waals surface area contributed by atoms with Crippen LogP contribution in [0.15, 0.2) is 30.3 Å². The molecule has 1 amide bonds. The number of aromatic nitrogens is 2. The van der Waals surface area contributed by atoms with Gasteiger partial charge in [0, 0.05) is 18.8 Å². The number of nitrogens with one attached hydrogen (secondary N) is 1. The molecule has 0 aliphatic rings. The summed E-state index contributed by atoms with van der Waals surface area (Å²) in [6.07, 6.45) is 0.666. The fourth-order valence-corrected chi connectivity index (χ4v) is 2.00. The van der Waals surface area contributed by atoms with Gasteiger partial charge in [-0.15, -0.1) is 0 Å². The van der Waals surface area contributed by atoms with Crippen LogP contribution in [-0.4, -0.2) is 22.2 Å². The van der Waals surface area contributed by atoms with Gasteiger partial charge < -0.3 is 5.32 Å². The van der Waals surface area contributed by atoms with E-state index in [0.29, 0.717) is 18.7 Å². The molecule has 20 heavy (non-hydrogen) atoms. The summed E-state index contributed by atoms with van der Waals surface area (Å²) in [7, 11) is 0. The number of halogens is 1. The molecule has 0 unspecified atom stereocenters. The number of carbonyl (C=O) groups is 1. The minimum absolute atomic E-state index is 0.178. The van der Waals surface area contributed by atoms with Crippen molar-refractivity contribution in [1.29, 1.82) is 0 Å². The van der Waals surface area contributed by atoms with E-state index >= 15 is 0 Å². The zero-order valence-corrected chi connectivity index (χ0v) is 11.7. The van der Waals surface area contributed by atoms with Crippen molar-refractivity contribution in [2.45, 2.75) is 26.8 Å². The quantitative estimate of drug-likeness (QED) is 0.910. The molecule has 0 bridgehead atoms. The number of hydrogen-bond donors (Lipinski definition) is 1. The molecule has 106 valence electrons. The normalized spacial score (nSPS) is 10.6. The summed E-state index contributed by atoms with van der Waals surface area (Å²) < 4.78 is 14.5. The third kappa shape index (κ3) is 3.44. The largest absolute Gasteiger partial charge is 0.350 e. The van der Waals surface area contributed by atoms with Crippen molar-refractivity contribution in [3.8, 4) is 0 Å². The minimum atomic E-state index is -0.252. The van der Waals surface area contributed by atoms with Gasteiger partial charge in [-0.05, 0) is 44.0 Å². The zero-order chi connectivity index (χ0) is 14.5. The van der Waals surface area contributed by atoms with Gasteiger partial charge >= 0.3 is 0 Å². The molecule has 0 saturated carbocycles. The molecular formula is C15H18FN3O. The summed E-state index contributed by atoms with van der Waals surface area (Å²) in [6, 6.07) is 8.05. The van der Waals surface area contributed by atoms with Gasteiger partial charge in [0.25, 0.3) is 5.91 Å². The summed E-state index contributed by atoms with van der Waals surface area (Å²) >= 11 is 0. The summed E-state index contributed by atoms with van der Waals surface area (Å²) in [5, 5.41) is 7.04. The third-order valence-electron chi connectivity index (χ3n) is 3.13. The number of carbonyl (C=O) groups excluding carboxylic acids is 1. The van der Waals surface area contributed by atoms with E-state index in [1.807, 2.05) is 13.8 Å². The second-order valence-electron chi connectivity index (χ2n) is 4.62. The summed E-state index contributed by atoms with van der Waals surface area (Å²) in [5.41, 5.74) is 2.39. The Labute approximate surface area is 117 Å². The highest BCUT2D eigenvalue weighted by Crippen LogP contribution is 2.04. The van der Waals surface area contributed by atoms with E-state index in [4.69, 9.17) is 0 Å². The fraction of sp³-hybridized carbons (Fsp3) is 0.333. The van der Waals surface area contributed by atoms with Crippen LogP contribution in [0, 0.1) is 12.7 Å². The molecule has 4 nitrogen and oxygen atoms in total. The summed E-state index contributed by atoms with van der Waals surface area (Å²) in [6.45, 7) is 5.15. The van der Waals surface area contributed by atoms with Crippen LogP contribution >= 0.6 is 0 Å². The molecule has 0 aliphatic carbocycles. The van der Waals surface area contributed by atoms with Crippen LogP contribution in [0.5, 0.6) is 0 Å². The molecule has 0 saturated heterocycles.